The van der Waals surface area contributed by atoms with Crippen molar-refractivity contribution in [3.05, 3.63) is 5.82 Å². The largest absolute Gasteiger partial charge is 0.475 e. The number of rotatable bonds is 1. The number of carboxylic acid groups (broad SMARTS) is 1. The van der Waals surface area contributed by atoms with Gasteiger partial charge in [-0.05, 0) is 0 Å². The Kier molecular flexibility index (Phi) is 1.50. The molecule has 0 unspecified atom stereocenters. The summed E-state index contributed by atoms with van der Waals surface area (Å²) in [5.74, 6) is -1.40. The van der Waals surface area contributed by atoms with Crippen LogP contribution in [0, 0.1) is 0 Å². The SMILES string of the molecule is Nc1nc(N)c2[nH]c(C(=O)O)nc2n1. The molecule has 2 aromatic heterocycles. The molecule has 0 aliphatic rings. The average molecular weight is 194 g/mol. The zero-order valence-electron chi connectivity index (χ0n) is 6.85. The van der Waals surface area contributed by atoms with Gasteiger partial charge in [0.1, 0.15) is 5.52 Å². The molecule has 0 saturated heterocycles. The van der Waals surface area contributed by atoms with Crippen LogP contribution in [0.1, 0.15) is 10.6 Å². The third-order valence-corrected chi connectivity index (χ3v) is 1.60. The number of fused-ring (bicyclic) bond motifs is 1. The van der Waals surface area contributed by atoms with Crippen molar-refractivity contribution in [1.29, 1.82) is 0 Å². The molecular formula is C6H6N6O2. The molecule has 2 heterocycles. The first kappa shape index (κ1) is 8.23. The van der Waals surface area contributed by atoms with Gasteiger partial charge in [0.05, 0.1) is 0 Å². The fraction of sp³-hybridized carbons (Fsp3) is 0. The molecule has 0 atom stereocenters. The van der Waals surface area contributed by atoms with E-state index in [0.717, 1.165) is 0 Å². The summed E-state index contributed by atoms with van der Waals surface area (Å²) in [6.45, 7) is 0. The zero-order valence-corrected chi connectivity index (χ0v) is 6.85. The Morgan fingerprint density at radius 2 is 2.00 bits per heavy atom. The molecule has 8 nitrogen and oxygen atoms in total. The van der Waals surface area contributed by atoms with E-state index < -0.39 is 5.97 Å². The topological polar surface area (TPSA) is 144 Å². The molecule has 0 bridgehead atoms. The summed E-state index contributed by atoms with van der Waals surface area (Å²) in [6.07, 6.45) is 0. The van der Waals surface area contributed by atoms with Gasteiger partial charge in [0.15, 0.2) is 11.5 Å². The van der Waals surface area contributed by atoms with E-state index >= 15 is 0 Å². The summed E-state index contributed by atoms with van der Waals surface area (Å²) in [4.78, 5) is 24.1. The van der Waals surface area contributed by atoms with Crippen LogP contribution in [-0.4, -0.2) is 31.0 Å². The maximum atomic E-state index is 10.6. The van der Waals surface area contributed by atoms with Crippen molar-refractivity contribution in [3.63, 3.8) is 0 Å². The Balaban J connectivity index is 2.76. The Bertz CT molecular complexity index is 518. The number of nitrogens with one attached hydrogen (secondary N) is 1. The predicted molar refractivity (Wildman–Crippen MR) is 47.5 cm³/mol. The molecule has 72 valence electrons. The maximum Gasteiger partial charge on any atom is 0.371 e. The molecule has 14 heavy (non-hydrogen) atoms. The molecule has 8 heteroatoms. The minimum absolute atomic E-state index is 0.0431. The Morgan fingerprint density at radius 1 is 1.29 bits per heavy atom. The van der Waals surface area contributed by atoms with Gasteiger partial charge in [-0.3, -0.25) is 0 Å². The number of hydrogen-bond donors (Lipinski definition) is 4. The normalized spacial score (nSPS) is 10.6. The Morgan fingerprint density at radius 3 is 2.64 bits per heavy atom. The first-order valence-electron chi connectivity index (χ1n) is 3.60. The molecule has 0 amide bonds. The number of aromatic amines is 1. The molecule has 0 aliphatic heterocycles. The summed E-state index contributed by atoms with van der Waals surface area (Å²) >= 11 is 0. The molecule has 0 radical (unpaired) electrons. The van der Waals surface area contributed by atoms with Crippen molar-refractivity contribution in [3.8, 4) is 0 Å². The van der Waals surface area contributed by atoms with Gasteiger partial charge in [0, 0.05) is 0 Å². The van der Waals surface area contributed by atoms with E-state index in [4.69, 9.17) is 16.6 Å². The highest BCUT2D eigenvalue weighted by Gasteiger charge is 2.13. The van der Waals surface area contributed by atoms with E-state index in [9.17, 15) is 4.79 Å². The third kappa shape index (κ3) is 1.09. The highest BCUT2D eigenvalue weighted by molar-refractivity contribution is 5.91. The molecule has 0 aliphatic carbocycles. The number of imidazole rings is 1. The average Bonchev–Trinajstić information content (AvgIpc) is 2.47. The molecule has 2 rings (SSSR count). The van der Waals surface area contributed by atoms with Crippen molar-refractivity contribution in [1.82, 2.24) is 19.9 Å². The second-order valence-corrected chi connectivity index (χ2v) is 2.56. The van der Waals surface area contributed by atoms with Crippen molar-refractivity contribution in [2.45, 2.75) is 0 Å². The third-order valence-electron chi connectivity index (χ3n) is 1.60. The van der Waals surface area contributed by atoms with Gasteiger partial charge in [-0.1, -0.05) is 0 Å². The summed E-state index contributed by atoms with van der Waals surface area (Å²) in [6, 6.07) is 0. The molecule has 0 spiro atoms. The summed E-state index contributed by atoms with van der Waals surface area (Å²) < 4.78 is 0. The van der Waals surface area contributed by atoms with Crippen LogP contribution in [0.2, 0.25) is 0 Å². The smallest absolute Gasteiger partial charge is 0.371 e. The molecule has 0 saturated carbocycles. The number of anilines is 2. The van der Waals surface area contributed by atoms with Crippen molar-refractivity contribution >= 4 is 28.9 Å². The summed E-state index contributed by atoms with van der Waals surface area (Å²) in [5, 5.41) is 8.63. The lowest BCUT2D eigenvalue weighted by Crippen LogP contribution is -1.99. The van der Waals surface area contributed by atoms with Crippen LogP contribution >= 0.6 is 0 Å². The Hall–Kier alpha value is -2.38. The Labute approximate surface area is 77.0 Å². The quantitative estimate of drug-likeness (QED) is 0.465. The zero-order chi connectivity index (χ0) is 10.3. The van der Waals surface area contributed by atoms with Crippen molar-refractivity contribution in [2.75, 3.05) is 11.5 Å². The van der Waals surface area contributed by atoms with Crippen molar-refractivity contribution < 1.29 is 9.90 Å². The summed E-state index contributed by atoms with van der Waals surface area (Å²) in [7, 11) is 0. The number of nitrogens with two attached hydrogens (primary N) is 2. The van der Waals surface area contributed by atoms with Crippen LogP contribution in [0.15, 0.2) is 0 Å². The van der Waals surface area contributed by atoms with E-state index in [2.05, 4.69) is 19.9 Å². The monoisotopic (exact) mass is 194 g/mol. The van der Waals surface area contributed by atoms with Gasteiger partial charge in [-0.15, -0.1) is 0 Å². The summed E-state index contributed by atoms with van der Waals surface area (Å²) in [5.41, 5.74) is 11.2. The molecule has 2 aromatic rings. The van der Waals surface area contributed by atoms with Crippen LogP contribution in [0.3, 0.4) is 0 Å². The minimum atomic E-state index is -1.19. The van der Waals surface area contributed by atoms with Crippen LogP contribution in [0.25, 0.3) is 11.2 Å². The fourth-order valence-corrected chi connectivity index (χ4v) is 1.04. The van der Waals surface area contributed by atoms with Crippen molar-refractivity contribution in [2.24, 2.45) is 0 Å². The fourth-order valence-electron chi connectivity index (χ4n) is 1.04. The van der Waals surface area contributed by atoms with Crippen LogP contribution in [0.5, 0.6) is 0 Å². The van der Waals surface area contributed by atoms with Gasteiger partial charge in [-0.2, -0.15) is 9.97 Å². The number of H-pyrrole nitrogens is 1. The standard InChI is InChI=1S/C6H6N6O2/c7-2-1-3(12-6(8)10-2)11-4(9-1)5(13)14/h(H,13,14)(H5,7,8,9,10,11,12). The lowest BCUT2D eigenvalue weighted by atomic mass is 10.5. The number of aromatic nitrogens is 4. The van der Waals surface area contributed by atoms with Crippen LogP contribution in [0.4, 0.5) is 11.8 Å². The van der Waals surface area contributed by atoms with Gasteiger partial charge in [0.25, 0.3) is 0 Å². The van der Waals surface area contributed by atoms with E-state index in [-0.39, 0.29) is 28.8 Å². The molecule has 0 aromatic carbocycles. The minimum Gasteiger partial charge on any atom is -0.475 e. The van der Waals surface area contributed by atoms with E-state index in [0.29, 0.717) is 0 Å². The van der Waals surface area contributed by atoms with Gasteiger partial charge < -0.3 is 21.6 Å². The number of aromatic carboxylic acids is 1. The van der Waals surface area contributed by atoms with Gasteiger partial charge in [0.2, 0.25) is 11.8 Å². The molecule has 6 N–H and O–H groups in total. The lowest BCUT2D eigenvalue weighted by molar-refractivity contribution is 0.0685. The van der Waals surface area contributed by atoms with E-state index in [1.165, 1.54) is 0 Å². The second-order valence-electron chi connectivity index (χ2n) is 2.56. The van der Waals surface area contributed by atoms with Gasteiger partial charge in [-0.25, -0.2) is 9.78 Å². The molecular weight excluding hydrogens is 188 g/mol. The van der Waals surface area contributed by atoms with Gasteiger partial charge >= 0.3 is 5.97 Å². The first-order valence-corrected chi connectivity index (χ1v) is 3.60. The van der Waals surface area contributed by atoms with E-state index in [1.54, 1.807) is 0 Å². The van der Waals surface area contributed by atoms with E-state index in [1.807, 2.05) is 0 Å². The number of hydrogen-bond acceptors (Lipinski definition) is 6. The number of carbonyl (C=O) groups is 1. The van der Waals surface area contributed by atoms with Crippen LogP contribution in [-0.2, 0) is 0 Å². The molecule has 0 fully saturated rings. The predicted octanol–water partition coefficient (Wildman–Crippen LogP) is -0.784. The maximum absolute atomic E-state index is 10.6. The second kappa shape index (κ2) is 2.55. The lowest BCUT2D eigenvalue weighted by Gasteiger charge is -1.94. The number of nitrogens with zero attached hydrogens (tertiary/aromatic N) is 3. The highest BCUT2D eigenvalue weighted by Crippen LogP contribution is 2.15. The first-order chi connectivity index (χ1) is 6.58. The highest BCUT2D eigenvalue weighted by atomic mass is 16.4. The number of carboxylic acids is 1. The van der Waals surface area contributed by atoms with Crippen LogP contribution < -0.4 is 11.5 Å². The number of nitrogen functional groups attached to an aromatic ring is 2.